The van der Waals surface area contributed by atoms with Crippen LogP contribution in [0.3, 0.4) is 0 Å². The topological polar surface area (TPSA) is 102 Å². The Bertz CT molecular complexity index is 1710. The number of aryl methyl sites for hydroxylation is 1. The van der Waals surface area contributed by atoms with Gasteiger partial charge in [0.15, 0.2) is 19.2 Å². The molecule has 0 saturated heterocycles. The van der Waals surface area contributed by atoms with Crippen LogP contribution >= 0.6 is 0 Å². The van der Waals surface area contributed by atoms with Crippen LogP contribution in [-0.4, -0.2) is 61.3 Å². The van der Waals surface area contributed by atoms with Gasteiger partial charge in [-0.05, 0) is 53.8 Å². The second-order valence-corrected chi connectivity index (χ2v) is 10.4. The summed E-state index contributed by atoms with van der Waals surface area (Å²) in [5, 5.41) is 0.673. The second-order valence-electron chi connectivity index (χ2n) is 10.4. The number of hydrogen-bond acceptors (Lipinski definition) is 9. The third-order valence-corrected chi connectivity index (χ3v) is 7.31. The zero-order valence-electron chi connectivity index (χ0n) is 24.0. The van der Waals surface area contributed by atoms with E-state index >= 15 is 4.39 Å². The minimum atomic E-state index is -4.72. The van der Waals surface area contributed by atoms with E-state index in [-0.39, 0.29) is 48.6 Å². The van der Waals surface area contributed by atoms with Gasteiger partial charge >= 0.3 is 18.2 Å². The number of pyridine rings is 1. The molecule has 0 bridgehead atoms. The summed E-state index contributed by atoms with van der Waals surface area (Å²) in [6, 6.07) is 5.48. The summed E-state index contributed by atoms with van der Waals surface area (Å²) in [5.41, 5.74) is -0.776. The molecule has 2 aromatic heterocycles. The van der Waals surface area contributed by atoms with Crippen molar-refractivity contribution < 1.29 is 50.4 Å². The van der Waals surface area contributed by atoms with Crippen molar-refractivity contribution >= 4 is 27.6 Å². The summed E-state index contributed by atoms with van der Waals surface area (Å²) in [5.74, 6) is -2.30. The van der Waals surface area contributed by atoms with Crippen LogP contribution in [0.4, 0.5) is 22.0 Å². The lowest BCUT2D eigenvalue weighted by Gasteiger charge is -2.17. The number of nitrogens with zero attached hydrogens (tertiary/aromatic N) is 3. The van der Waals surface area contributed by atoms with Gasteiger partial charge in [0.2, 0.25) is 5.88 Å². The van der Waals surface area contributed by atoms with E-state index in [2.05, 4.69) is 15.0 Å². The molecule has 234 valence electrons. The molecule has 0 N–H and O–H groups in total. The molecule has 1 fully saturated rings. The highest BCUT2D eigenvalue weighted by atomic mass is 19.4. The first-order valence-electron chi connectivity index (χ1n) is 13.6. The number of halogens is 5. The fraction of sp³-hybridized carbons (Fsp3) is 0.400. The molecule has 4 aromatic rings. The first-order chi connectivity index (χ1) is 21.0. The maximum absolute atomic E-state index is 16.4. The van der Waals surface area contributed by atoms with Crippen molar-refractivity contribution in [3.05, 3.63) is 47.7 Å². The zero-order chi connectivity index (χ0) is 31.6. The van der Waals surface area contributed by atoms with Gasteiger partial charge in [-0.3, -0.25) is 9.78 Å². The van der Waals surface area contributed by atoms with Gasteiger partial charge in [-0.2, -0.15) is 23.1 Å². The zero-order valence-corrected chi connectivity index (χ0v) is 24.0. The van der Waals surface area contributed by atoms with Gasteiger partial charge in [-0.25, -0.2) is 8.78 Å². The number of carbonyl (C=O) groups is 1. The van der Waals surface area contributed by atoms with Gasteiger partial charge in [0.05, 0.1) is 25.5 Å². The van der Waals surface area contributed by atoms with E-state index in [0.29, 0.717) is 29.2 Å². The van der Waals surface area contributed by atoms with Crippen LogP contribution in [-0.2, 0) is 20.7 Å². The Balaban J connectivity index is 1.65. The predicted octanol–water partition coefficient (Wildman–Crippen LogP) is 6.33. The molecule has 1 aliphatic carbocycles. The average molecular weight is 622 g/mol. The molecular weight excluding hydrogens is 593 g/mol. The molecule has 0 unspecified atom stereocenters. The number of aromatic nitrogens is 3. The Morgan fingerprint density at radius 2 is 1.82 bits per heavy atom. The molecule has 0 radical (unpaired) electrons. The maximum atomic E-state index is 16.4. The summed E-state index contributed by atoms with van der Waals surface area (Å²) < 4.78 is 96.4. The van der Waals surface area contributed by atoms with Crippen LogP contribution in [0.5, 0.6) is 17.6 Å². The number of esters is 1. The molecule has 0 aliphatic heterocycles. The van der Waals surface area contributed by atoms with E-state index in [9.17, 15) is 22.4 Å². The number of methoxy groups -OCH3 is 2. The maximum Gasteiger partial charge on any atom is 0.422 e. The van der Waals surface area contributed by atoms with Gasteiger partial charge in [0, 0.05) is 24.3 Å². The lowest BCUT2D eigenvalue weighted by atomic mass is 9.94. The number of carbonyl (C=O) groups excluding carboxylic acids is 1. The molecule has 44 heavy (non-hydrogen) atoms. The molecule has 1 saturated carbocycles. The molecule has 0 atom stereocenters. The Labute approximate surface area is 248 Å². The van der Waals surface area contributed by atoms with Crippen LogP contribution in [0.25, 0.3) is 32.9 Å². The Hall–Kier alpha value is -4.33. The van der Waals surface area contributed by atoms with Crippen molar-refractivity contribution in [1.82, 2.24) is 15.0 Å². The summed E-state index contributed by atoms with van der Waals surface area (Å²) in [4.78, 5) is 24.1. The second kappa shape index (κ2) is 12.3. The third kappa shape index (κ3) is 6.59. The van der Waals surface area contributed by atoms with E-state index < -0.39 is 53.2 Å². The van der Waals surface area contributed by atoms with Gasteiger partial charge in [-0.15, -0.1) is 0 Å². The van der Waals surface area contributed by atoms with Crippen molar-refractivity contribution in [2.45, 2.75) is 38.8 Å². The van der Waals surface area contributed by atoms with E-state index in [0.717, 1.165) is 6.20 Å². The first-order valence-corrected chi connectivity index (χ1v) is 13.6. The minimum absolute atomic E-state index is 0.0574. The van der Waals surface area contributed by atoms with Crippen LogP contribution in [0.1, 0.15) is 31.7 Å². The van der Waals surface area contributed by atoms with E-state index in [1.54, 1.807) is 13.0 Å². The fourth-order valence-electron chi connectivity index (χ4n) is 4.90. The molecule has 0 spiro atoms. The minimum Gasteiger partial charge on any atom is -0.469 e. The summed E-state index contributed by atoms with van der Waals surface area (Å²) >= 11 is 0. The third-order valence-electron chi connectivity index (χ3n) is 7.31. The van der Waals surface area contributed by atoms with E-state index in [1.807, 2.05) is 0 Å². The lowest BCUT2D eigenvalue weighted by Crippen LogP contribution is -2.21. The Kier molecular flexibility index (Phi) is 8.73. The van der Waals surface area contributed by atoms with Crippen LogP contribution in [0, 0.1) is 17.0 Å². The quantitative estimate of drug-likeness (QED) is 0.102. The number of rotatable bonds is 12. The van der Waals surface area contributed by atoms with Gasteiger partial charge < -0.3 is 23.7 Å². The number of fused-ring (bicyclic) bond motifs is 2. The van der Waals surface area contributed by atoms with Crippen LogP contribution in [0.15, 0.2) is 30.5 Å². The molecule has 2 heterocycles. The normalized spacial score (nSPS) is 14.1. The van der Waals surface area contributed by atoms with Gasteiger partial charge in [-0.1, -0.05) is 13.0 Å². The highest BCUT2D eigenvalue weighted by Crippen LogP contribution is 2.49. The molecular formula is C30H28F5N3O6. The summed E-state index contributed by atoms with van der Waals surface area (Å²) in [6.45, 7) is -0.147. The fourth-order valence-corrected chi connectivity index (χ4v) is 4.90. The molecule has 0 amide bonds. The first kappa shape index (κ1) is 31.1. The highest BCUT2D eigenvalue weighted by molar-refractivity contribution is 6.01. The Morgan fingerprint density at radius 3 is 2.48 bits per heavy atom. The number of benzene rings is 2. The predicted molar refractivity (Wildman–Crippen MR) is 147 cm³/mol. The molecule has 5 rings (SSSR count). The van der Waals surface area contributed by atoms with E-state index in [4.69, 9.17) is 23.7 Å². The van der Waals surface area contributed by atoms with Crippen molar-refractivity contribution in [1.29, 1.82) is 0 Å². The number of ether oxygens (including phenoxy) is 5. The van der Waals surface area contributed by atoms with Crippen molar-refractivity contribution in [2.24, 2.45) is 5.41 Å². The summed E-state index contributed by atoms with van der Waals surface area (Å²) in [7, 11) is 2.68. The van der Waals surface area contributed by atoms with Crippen molar-refractivity contribution in [3.8, 4) is 28.9 Å². The lowest BCUT2D eigenvalue weighted by molar-refractivity contribution is -0.153. The molecule has 2 aromatic carbocycles. The van der Waals surface area contributed by atoms with Crippen LogP contribution < -0.4 is 14.2 Å². The smallest absolute Gasteiger partial charge is 0.422 e. The Morgan fingerprint density at radius 1 is 1.05 bits per heavy atom. The average Bonchev–Trinajstić information content (AvgIpc) is 3.76. The number of alkyl halides is 3. The van der Waals surface area contributed by atoms with Gasteiger partial charge in [0.1, 0.15) is 22.8 Å². The molecule has 1 aliphatic rings. The largest absolute Gasteiger partial charge is 0.469 e. The van der Waals surface area contributed by atoms with Crippen molar-refractivity contribution in [2.75, 3.05) is 34.2 Å². The number of hydrogen-bond donors (Lipinski definition) is 0. The van der Waals surface area contributed by atoms with E-state index in [1.165, 1.54) is 32.4 Å². The molecule has 14 heteroatoms. The van der Waals surface area contributed by atoms with Crippen molar-refractivity contribution in [3.63, 3.8) is 0 Å². The van der Waals surface area contributed by atoms with Gasteiger partial charge in [0.25, 0.3) is 0 Å². The monoisotopic (exact) mass is 621 g/mol. The van der Waals surface area contributed by atoms with Crippen LogP contribution in [0.2, 0.25) is 0 Å². The molecule has 9 nitrogen and oxygen atoms in total. The highest BCUT2D eigenvalue weighted by Gasteiger charge is 2.46. The SMILES string of the molecule is CCc1c(F)ccc2cc(OCOC)cc(-c3ncc4c(OCC(F)(F)F)nc(OCC5(CC(=O)OC)CC5)nc4c3F)c12. The standard InChI is InChI=1S/C30H28F5N3O6/c1-4-18-21(31)6-5-16-9-17(44-15-40-2)10-19(23(16)18)25-24(32)26-20(12-36-25)27(42-14-30(33,34)35)38-28(37-26)43-13-29(7-8-29)11-22(39)41-3/h5-6,9-10,12H,4,7-8,11,13-15H2,1-3H3. The summed E-state index contributed by atoms with van der Waals surface area (Å²) in [6.07, 6.45) is -2.03.